The number of hydrogen-bond donors (Lipinski definition) is 2. The second-order valence-electron chi connectivity index (χ2n) is 10.5. The van der Waals surface area contributed by atoms with Crippen LogP contribution in [0.1, 0.15) is 56.1 Å². The maximum absolute atomic E-state index is 13.3. The number of nitrogens with one attached hydrogen (secondary N) is 1. The maximum atomic E-state index is 13.3. The minimum absolute atomic E-state index is 0.173. The Balaban J connectivity index is 1.37. The quantitative estimate of drug-likeness (QED) is 0.635. The van der Waals surface area contributed by atoms with Gasteiger partial charge in [-0.3, -0.25) is 9.59 Å². The molecule has 1 heterocycles. The van der Waals surface area contributed by atoms with Gasteiger partial charge in [0, 0.05) is 6.54 Å². The average Bonchev–Trinajstić information content (AvgIpc) is 2.69. The SMILES string of the molecule is Cc1cccc(CCNc2cnn(C34C[C@@H]5C[C@@H](CC(CC(=O)O)(C5)C3)C4)c(=O)c2Cl)c1. The third-order valence-electron chi connectivity index (χ3n) is 7.86. The summed E-state index contributed by atoms with van der Waals surface area (Å²) in [7, 11) is 0. The zero-order valence-electron chi connectivity index (χ0n) is 18.4. The molecule has 0 amide bonds. The van der Waals surface area contributed by atoms with Gasteiger partial charge in [0.1, 0.15) is 5.02 Å². The summed E-state index contributed by atoms with van der Waals surface area (Å²) < 4.78 is 1.61. The standard InChI is InChI=1S/C25H30ClN3O3/c1-16-3-2-4-17(7-16)5-6-27-20-14-28-29(23(32)22(20)26)25-11-18-8-19(12-25)10-24(9-18,15-25)13-21(30)31/h2-4,7,14,18-19,27H,5-6,8-13,15H2,1H3,(H,30,31)/t18-,19+,24?,25?. The van der Waals surface area contributed by atoms with Gasteiger partial charge in [-0.05, 0) is 74.7 Å². The summed E-state index contributed by atoms with van der Waals surface area (Å²) in [5.74, 6) is 0.194. The molecule has 6 rings (SSSR count). The number of rotatable bonds is 7. The van der Waals surface area contributed by atoms with Gasteiger partial charge >= 0.3 is 5.97 Å². The molecule has 4 aliphatic rings. The number of aryl methyl sites for hydroxylation is 1. The normalized spacial score (nSPS) is 30.4. The predicted molar refractivity (Wildman–Crippen MR) is 124 cm³/mol. The van der Waals surface area contributed by atoms with Crippen LogP contribution in [0.5, 0.6) is 0 Å². The van der Waals surface area contributed by atoms with Gasteiger partial charge in [0.25, 0.3) is 5.56 Å². The van der Waals surface area contributed by atoms with Gasteiger partial charge < -0.3 is 10.4 Å². The van der Waals surface area contributed by atoms with Crippen molar-refractivity contribution in [1.82, 2.24) is 9.78 Å². The van der Waals surface area contributed by atoms with Crippen molar-refractivity contribution in [2.45, 2.75) is 63.8 Å². The number of aliphatic carboxylic acids is 1. The van der Waals surface area contributed by atoms with Crippen molar-refractivity contribution >= 4 is 23.3 Å². The fourth-order valence-electron chi connectivity index (χ4n) is 7.28. The molecule has 4 atom stereocenters. The van der Waals surface area contributed by atoms with Crippen molar-refractivity contribution in [2.75, 3.05) is 11.9 Å². The fourth-order valence-corrected chi connectivity index (χ4v) is 7.48. The molecule has 4 saturated carbocycles. The molecule has 32 heavy (non-hydrogen) atoms. The molecular weight excluding hydrogens is 426 g/mol. The lowest BCUT2D eigenvalue weighted by Gasteiger charge is -2.61. The number of aromatic nitrogens is 2. The lowest BCUT2D eigenvalue weighted by atomic mass is 9.46. The van der Waals surface area contributed by atoms with Crippen molar-refractivity contribution in [3.05, 3.63) is 57.0 Å². The lowest BCUT2D eigenvalue weighted by Crippen LogP contribution is -2.59. The number of anilines is 1. The molecule has 0 spiro atoms. The molecule has 0 radical (unpaired) electrons. The average molecular weight is 456 g/mol. The van der Waals surface area contributed by atoms with Gasteiger partial charge in [0.05, 0.1) is 23.8 Å². The molecule has 2 unspecified atom stereocenters. The summed E-state index contributed by atoms with van der Waals surface area (Å²) in [6.45, 7) is 2.73. The van der Waals surface area contributed by atoms with Crippen LogP contribution in [0.4, 0.5) is 5.69 Å². The zero-order valence-corrected chi connectivity index (χ0v) is 19.2. The van der Waals surface area contributed by atoms with Gasteiger partial charge in [-0.15, -0.1) is 0 Å². The van der Waals surface area contributed by atoms with Gasteiger partial charge in [-0.2, -0.15) is 5.10 Å². The zero-order chi connectivity index (χ0) is 22.5. The number of benzene rings is 1. The summed E-state index contributed by atoms with van der Waals surface area (Å²) in [4.78, 5) is 24.9. The summed E-state index contributed by atoms with van der Waals surface area (Å²) in [6, 6.07) is 8.36. The Kier molecular flexibility index (Phi) is 5.31. The van der Waals surface area contributed by atoms with E-state index < -0.39 is 11.5 Å². The number of carbonyl (C=O) groups is 1. The summed E-state index contributed by atoms with van der Waals surface area (Å²) in [6.07, 6.45) is 8.24. The first-order chi connectivity index (χ1) is 15.3. The molecule has 1 aromatic heterocycles. The van der Waals surface area contributed by atoms with E-state index in [9.17, 15) is 14.7 Å². The second kappa shape index (κ2) is 7.91. The van der Waals surface area contributed by atoms with Crippen LogP contribution in [0.3, 0.4) is 0 Å². The lowest BCUT2D eigenvalue weighted by molar-refractivity contribution is -0.151. The van der Waals surface area contributed by atoms with Crippen LogP contribution in [0.15, 0.2) is 35.3 Å². The van der Waals surface area contributed by atoms with E-state index in [1.807, 2.05) is 6.07 Å². The molecule has 170 valence electrons. The van der Waals surface area contributed by atoms with Crippen molar-refractivity contribution in [3.63, 3.8) is 0 Å². The van der Waals surface area contributed by atoms with E-state index in [1.54, 1.807) is 10.9 Å². The number of nitrogens with zero attached hydrogens (tertiary/aromatic N) is 2. The van der Waals surface area contributed by atoms with E-state index in [0.29, 0.717) is 30.5 Å². The van der Waals surface area contributed by atoms with Gasteiger partial charge in [0.2, 0.25) is 0 Å². The number of carboxylic acids is 1. The van der Waals surface area contributed by atoms with E-state index >= 15 is 0 Å². The highest BCUT2D eigenvalue weighted by atomic mass is 35.5. The highest BCUT2D eigenvalue weighted by molar-refractivity contribution is 6.32. The first kappa shape index (κ1) is 21.5. The number of carboxylic acid groups (broad SMARTS) is 1. The number of hydrogen-bond acceptors (Lipinski definition) is 4. The Bertz CT molecular complexity index is 1100. The van der Waals surface area contributed by atoms with Crippen molar-refractivity contribution in [1.29, 1.82) is 0 Å². The smallest absolute Gasteiger partial charge is 0.303 e. The van der Waals surface area contributed by atoms with Crippen molar-refractivity contribution < 1.29 is 9.90 Å². The van der Waals surface area contributed by atoms with E-state index in [-0.39, 0.29) is 22.4 Å². The summed E-state index contributed by atoms with van der Waals surface area (Å²) >= 11 is 6.53. The third kappa shape index (κ3) is 3.83. The molecule has 4 fully saturated rings. The fraction of sp³-hybridized carbons (Fsp3) is 0.560. The number of halogens is 1. The molecule has 0 saturated heterocycles. The highest BCUT2D eigenvalue weighted by Gasteiger charge is 2.59. The monoisotopic (exact) mass is 455 g/mol. The van der Waals surface area contributed by atoms with E-state index in [1.165, 1.54) is 11.1 Å². The van der Waals surface area contributed by atoms with E-state index in [2.05, 4.69) is 35.5 Å². The Morgan fingerprint density at radius 2 is 2.03 bits per heavy atom. The molecule has 4 aliphatic carbocycles. The van der Waals surface area contributed by atoms with Crippen LogP contribution >= 0.6 is 11.6 Å². The topological polar surface area (TPSA) is 84.2 Å². The van der Waals surface area contributed by atoms with Crippen LogP contribution < -0.4 is 10.9 Å². The first-order valence-corrected chi connectivity index (χ1v) is 11.9. The largest absolute Gasteiger partial charge is 0.481 e. The maximum Gasteiger partial charge on any atom is 0.303 e. The van der Waals surface area contributed by atoms with Gasteiger partial charge in [0.15, 0.2) is 0 Å². The molecule has 4 bridgehead atoms. The Morgan fingerprint density at radius 3 is 2.72 bits per heavy atom. The molecule has 6 nitrogen and oxygen atoms in total. The van der Waals surface area contributed by atoms with Gasteiger partial charge in [-0.25, -0.2) is 4.68 Å². The highest BCUT2D eigenvalue weighted by Crippen LogP contribution is 2.65. The van der Waals surface area contributed by atoms with E-state index in [0.717, 1.165) is 38.5 Å². The third-order valence-corrected chi connectivity index (χ3v) is 8.22. The Morgan fingerprint density at radius 1 is 1.28 bits per heavy atom. The first-order valence-electron chi connectivity index (χ1n) is 11.6. The van der Waals surface area contributed by atoms with Crippen LogP contribution in [0, 0.1) is 24.2 Å². The Labute approximate surface area is 193 Å². The summed E-state index contributed by atoms with van der Waals surface area (Å²) in [5, 5.41) is 17.6. The van der Waals surface area contributed by atoms with Gasteiger partial charge in [-0.1, -0.05) is 41.4 Å². The summed E-state index contributed by atoms with van der Waals surface area (Å²) in [5.41, 5.74) is 2.13. The second-order valence-corrected chi connectivity index (χ2v) is 10.9. The van der Waals surface area contributed by atoms with Crippen molar-refractivity contribution in [3.8, 4) is 0 Å². The Hall–Kier alpha value is -2.34. The minimum Gasteiger partial charge on any atom is -0.481 e. The predicted octanol–water partition coefficient (Wildman–Crippen LogP) is 4.63. The van der Waals surface area contributed by atoms with Crippen LogP contribution in [0.2, 0.25) is 5.02 Å². The minimum atomic E-state index is -0.742. The molecule has 2 aromatic rings. The molecule has 7 heteroatoms. The van der Waals surface area contributed by atoms with Crippen molar-refractivity contribution in [2.24, 2.45) is 17.3 Å². The molecular formula is C25H30ClN3O3. The van der Waals surface area contributed by atoms with Crippen LogP contribution in [-0.2, 0) is 16.8 Å². The van der Waals surface area contributed by atoms with E-state index in [4.69, 9.17) is 11.6 Å². The molecule has 2 N–H and O–H groups in total. The van der Waals surface area contributed by atoms with Crippen LogP contribution in [0.25, 0.3) is 0 Å². The molecule has 1 aromatic carbocycles. The van der Waals surface area contributed by atoms with Crippen LogP contribution in [-0.4, -0.2) is 27.4 Å². The molecule has 0 aliphatic heterocycles.